The smallest absolute Gasteiger partial charge is 0.203 e. The molecule has 0 aliphatic carbocycles. The highest BCUT2D eigenvalue weighted by molar-refractivity contribution is 6.36. The molecule has 0 unspecified atom stereocenters. The molecule has 0 fully saturated rings. The quantitative estimate of drug-likeness (QED) is 0.453. The molecule has 27 heavy (non-hydrogen) atoms. The largest absolute Gasteiger partial charge is 0.493 e. The Kier molecular flexibility index (Phi) is 5.42. The van der Waals surface area contributed by atoms with Crippen molar-refractivity contribution in [2.24, 2.45) is 7.05 Å². The molecule has 0 atom stereocenters. The predicted octanol–water partition coefficient (Wildman–Crippen LogP) is 4.75. The Hall–Kier alpha value is -2.92. The monoisotopic (exact) mass is 385 g/mol. The number of allylic oxidation sites excluding steroid dienone is 1. The maximum atomic E-state index is 12.8. The molecule has 0 radical (unpaired) electrons. The summed E-state index contributed by atoms with van der Waals surface area (Å²) in [4.78, 5) is 12.8. The van der Waals surface area contributed by atoms with Crippen LogP contribution in [0.15, 0.2) is 42.5 Å². The van der Waals surface area contributed by atoms with Crippen LogP contribution in [-0.2, 0) is 7.05 Å². The van der Waals surface area contributed by atoms with Crippen molar-refractivity contribution >= 4 is 34.4 Å². The molecular weight excluding hydrogens is 366 g/mol. The number of hydrogen-bond acceptors (Lipinski definition) is 4. The van der Waals surface area contributed by atoms with Crippen LogP contribution in [0.2, 0.25) is 5.15 Å². The van der Waals surface area contributed by atoms with E-state index < -0.39 is 0 Å². The summed E-state index contributed by atoms with van der Waals surface area (Å²) < 4.78 is 17.8. The van der Waals surface area contributed by atoms with Crippen molar-refractivity contribution < 1.29 is 19.0 Å². The molecule has 1 aromatic heterocycles. The molecule has 3 aromatic rings. The van der Waals surface area contributed by atoms with Gasteiger partial charge in [0, 0.05) is 18.0 Å². The van der Waals surface area contributed by atoms with Crippen molar-refractivity contribution in [3.63, 3.8) is 0 Å². The predicted molar refractivity (Wildman–Crippen MR) is 107 cm³/mol. The molecule has 0 saturated carbocycles. The van der Waals surface area contributed by atoms with Crippen LogP contribution in [0.3, 0.4) is 0 Å². The van der Waals surface area contributed by atoms with Crippen LogP contribution in [-0.4, -0.2) is 31.7 Å². The molecule has 0 bridgehead atoms. The van der Waals surface area contributed by atoms with Crippen molar-refractivity contribution in [3.05, 3.63) is 58.8 Å². The van der Waals surface area contributed by atoms with E-state index in [4.69, 9.17) is 25.8 Å². The van der Waals surface area contributed by atoms with E-state index in [1.165, 1.54) is 6.08 Å². The van der Waals surface area contributed by atoms with Gasteiger partial charge in [0.1, 0.15) is 5.15 Å². The Morgan fingerprint density at radius 2 is 1.67 bits per heavy atom. The number of aryl methyl sites for hydroxylation is 1. The molecule has 0 aliphatic rings. The number of methoxy groups -OCH3 is 3. The first-order chi connectivity index (χ1) is 13.0. The summed E-state index contributed by atoms with van der Waals surface area (Å²) in [5.41, 5.74) is 2.14. The number of benzene rings is 2. The van der Waals surface area contributed by atoms with E-state index in [1.54, 1.807) is 44.1 Å². The average molecular weight is 386 g/mol. The first kappa shape index (κ1) is 18.9. The number of ketones is 1. The van der Waals surface area contributed by atoms with E-state index >= 15 is 0 Å². The molecule has 140 valence electrons. The highest BCUT2D eigenvalue weighted by atomic mass is 35.5. The number of fused-ring (bicyclic) bond motifs is 1. The van der Waals surface area contributed by atoms with Crippen LogP contribution in [0.4, 0.5) is 0 Å². The summed E-state index contributed by atoms with van der Waals surface area (Å²) in [6, 6.07) is 11.2. The molecule has 0 N–H and O–H groups in total. The zero-order valence-electron chi connectivity index (χ0n) is 15.6. The minimum atomic E-state index is -0.175. The van der Waals surface area contributed by atoms with E-state index in [-0.39, 0.29) is 5.78 Å². The number of halogens is 1. The van der Waals surface area contributed by atoms with Gasteiger partial charge in [-0.2, -0.15) is 0 Å². The zero-order chi connectivity index (χ0) is 19.6. The number of para-hydroxylation sites is 1. The van der Waals surface area contributed by atoms with E-state index in [2.05, 4.69) is 0 Å². The second kappa shape index (κ2) is 7.76. The van der Waals surface area contributed by atoms with Crippen LogP contribution < -0.4 is 14.2 Å². The Labute approximate surface area is 162 Å². The van der Waals surface area contributed by atoms with Crippen LogP contribution in [0.1, 0.15) is 15.9 Å². The Morgan fingerprint density at radius 3 is 2.26 bits per heavy atom. The first-order valence-electron chi connectivity index (χ1n) is 8.27. The SMILES string of the molecule is COc1cc(/C=C\C(=O)c2c(Cl)n(C)c3ccccc23)cc(OC)c1OC. The molecular formula is C21H20ClNO4. The molecule has 0 saturated heterocycles. The molecule has 5 nitrogen and oxygen atoms in total. The van der Waals surface area contributed by atoms with Crippen molar-refractivity contribution in [1.82, 2.24) is 4.57 Å². The number of carbonyl (C=O) groups excluding carboxylic acids is 1. The molecule has 6 heteroatoms. The zero-order valence-corrected chi connectivity index (χ0v) is 16.3. The summed E-state index contributed by atoms with van der Waals surface area (Å²) in [6.45, 7) is 0. The third-order valence-electron chi connectivity index (χ3n) is 4.40. The minimum Gasteiger partial charge on any atom is -0.493 e. The third-order valence-corrected chi connectivity index (χ3v) is 4.84. The summed E-state index contributed by atoms with van der Waals surface area (Å²) in [5.74, 6) is 1.37. The number of aromatic nitrogens is 1. The number of ether oxygens (including phenoxy) is 3. The summed E-state index contributed by atoms with van der Waals surface area (Å²) in [5, 5.41) is 1.24. The van der Waals surface area contributed by atoms with E-state index in [0.717, 1.165) is 16.5 Å². The molecule has 0 aliphatic heterocycles. The second-order valence-electron chi connectivity index (χ2n) is 5.90. The van der Waals surface area contributed by atoms with Crippen molar-refractivity contribution in [3.8, 4) is 17.2 Å². The lowest BCUT2D eigenvalue weighted by atomic mass is 10.1. The van der Waals surface area contributed by atoms with Crippen LogP contribution in [0, 0.1) is 0 Å². The Balaban J connectivity index is 2.00. The molecule has 2 aromatic carbocycles. The number of carbonyl (C=O) groups is 1. The fourth-order valence-corrected chi connectivity index (χ4v) is 3.34. The molecule has 3 rings (SSSR count). The standard InChI is InChI=1S/C21H20ClNO4/c1-23-15-8-6-5-7-14(15)19(21(23)22)16(24)10-9-13-11-17(25-2)20(27-4)18(12-13)26-3/h5-12H,1-4H3/b10-9-. The van der Waals surface area contributed by atoms with Crippen LogP contribution in [0.25, 0.3) is 17.0 Å². The van der Waals surface area contributed by atoms with Gasteiger partial charge in [0.15, 0.2) is 17.3 Å². The number of nitrogens with zero attached hydrogens (tertiary/aromatic N) is 1. The lowest BCUT2D eigenvalue weighted by molar-refractivity contribution is 0.104. The van der Waals surface area contributed by atoms with Gasteiger partial charge in [0.05, 0.1) is 26.9 Å². The third kappa shape index (κ3) is 3.38. The van der Waals surface area contributed by atoms with Gasteiger partial charge in [-0.1, -0.05) is 35.9 Å². The second-order valence-corrected chi connectivity index (χ2v) is 6.26. The lowest BCUT2D eigenvalue weighted by Gasteiger charge is -2.12. The highest BCUT2D eigenvalue weighted by Gasteiger charge is 2.18. The van der Waals surface area contributed by atoms with Crippen LogP contribution in [0.5, 0.6) is 17.2 Å². The maximum absolute atomic E-state index is 12.8. The summed E-state index contributed by atoms with van der Waals surface area (Å²) in [7, 11) is 6.48. The number of hydrogen-bond donors (Lipinski definition) is 0. The van der Waals surface area contributed by atoms with E-state index in [0.29, 0.717) is 28.0 Å². The normalized spacial score (nSPS) is 11.1. The van der Waals surface area contributed by atoms with Crippen molar-refractivity contribution in [2.75, 3.05) is 21.3 Å². The van der Waals surface area contributed by atoms with Gasteiger partial charge in [-0.3, -0.25) is 4.79 Å². The summed E-state index contributed by atoms with van der Waals surface area (Å²) in [6.07, 6.45) is 3.19. The van der Waals surface area contributed by atoms with Crippen LogP contribution >= 0.6 is 11.6 Å². The number of rotatable bonds is 6. The topological polar surface area (TPSA) is 49.7 Å². The van der Waals surface area contributed by atoms with Gasteiger partial charge in [-0.05, 0) is 29.8 Å². The van der Waals surface area contributed by atoms with Crippen molar-refractivity contribution in [2.45, 2.75) is 0 Å². The van der Waals surface area contributed by atoms with E-state index in [1.807, 2.05) is 31.3 Å². The fraction of sp³-hybridized carbons (Fsp3) is 0.190. The molecule has 0 amide bonds. The highest BCUT2D eigenvalue weighted by Crippen LogP contribution is 2.38. The maximum Gasteiger partial charge on any atom is 0.203 e. The van der Waals surface area contributed by atoms with Gasteiger partial charge in [0.25, 0.3) is 0 Å². The van der Waals surface area contributed by atoms with Gasteiger partial charge in [-0.15, -0.1) is 0 Å². The van der Waals surface area contributed by atoms with Gasteiger partial charge in [-0.25, -0.2) is 0 Å². The minimum absolute atomic E-state index is 0.175. The van der Waals surface area contributed by atoms with Crippen molar-refractivity contribution in [1.29, 1.82) is 0 Å². The van der Waals surface area contributed by atoms with Gasteiger partial charge >= 0.3 is 0 Å². The Bertz CT molecular complexity index is 1010. The molecule has 1 heterocycles. The lowest BCUT2D eigenvalue weighted by Crippen LogP contribution is -1.97. The Morgan fingerprint density at radius 1 is 1.04 bits per heavy atom. The average Bonchev–Trinajstić information content (AvgIpc) is 2.96. The first-order valence-corrected chi connectivity index (χ1v) is 8.65. The molecule has 0 spiro atoms. The van der Waals surface area contributed by atoms with E-state index in [9.17, 15) is 4.79 Å². The van der Waals surface area contributed by atoms with Gasteiger partial charge < -0.3 is 18.8 Å². The van der Waals surface area contributed by atoms with Gasteiger partial charge in [0.2, 0.25) is 5.75 Å². The fourth-order valence-electron chi connectivity index (χ4n) is 3.05. The summed E-state index contributed by atoms with van der Waals surface area (Å²) >= 11 is 6.40.